The van der Waals surface area contributed by atoms with Gasteiger partial charge in [-0.05, 0) is 43.7 Å². The molecule has 1 fully saturated rings. The molecule has 2 aromatic rings. The number of carbonyl (C=O) groups excluding carboxylic acids is 1. The molecule has 3 nitrogen and oxygen atoms in total. The Kier molecular flexibility index (Phi) is 4.81. The fraction of sp³-hybridized carbons (Fsp3) is 0.350. The van der Waals surface area contributed by atoms with Crippen LogP contribution in [0.1, 0.15) is 19.4 Å². The first-order valence-corrected chi connectivity index (χ1v) is 8.72. The smallest absolute Gasteiger partial charge is 0.232 e. The summed E-state index contributed by atoms with van der Waals surface area (Å²) in [5.74, 6) is 0.178. The molecule has 0 unspecified atom stereocenters. The number of anilines is 1. The molecule has 0 atom stereocenters. The highest BCUT2D eigenvalue weighted by molar-refractivity contribution is 6.30. The standard InChI is InChI=1S/C20H23ClN2O/c1-20(2,16-8-10-17(21)11-9-16)19(24)23-14-12-22(13-15-23)18-6-4-3-5-7-18/h3-11H,12-15H2,1-2H3. The average Bonchev–Trinajstić information content (AvgIpc) is 2.62. The summed E-state index contributed by atoms with van der Waals surface area (Å²) in [6.07, 6.45) is 0. The fourth-order valence-electron chi connectivity index (χ4n) is 3.19. The molecule has 3 rings (SSSR count). The zero-order valence-corrected chi connectivity index (χ0v) is 15.0. The van der Waals surface area contributed by atoms with Gasteiger partial charge >= 0.3 is 0 Å². The molecule has 0 aromatic heterocycles. The molecule has 0 N–H and O–H groups in total. The van der Waals surface area contributed by atoms with Crippen molar-refractivity contribution in [3.05, 3.63) is 65.2 Å². The van der Waals surface area contributed by atoms with Crippen molar-refractivity contribution >= 4 is 23.2 Å². The minimum atomic E-state index is -0.542. The van der Waals surface area contributed by atoms with E-state index in [0.717, 1.165) is 31.7 Å². The van der Waals surface area contributed by atoms with Crippen molar-refractivity contribution in [2.45, 2.75) is 19.3 Å². The summed E-state index contributed by atoms with van der Waals surface area (Å²) in [5.41, 5.74) is 1.68. The van der Waals surface area contributed by atoms with Gasteiger partial charge in [-0.25, -0.2) is 0 Å². The third-order valence-corrected chi connectivity index (χ3v) is 5.04. The normalized spacial score (nSPS) is 15.5. The van der Waals surface area contributed by atoms with E-state index in [0.29, 0.717) is 5.02 Å². The van der Waals surface area contributed by atoms with E-state index < -0.39 is 5.41 Å². The largest absolute Gasteiger partial charge is 0.368 e. The second-order valence-electron chi connectivity index (χ2n) is 6.75. The van der Waals surface area contributed by atoms with Crippen molar-refractivity contribution in [1.82, 2.24) is 4.90 Å². The van der Waals surface area contributed by atoms with Crippen LogP contribution in [0.4, 0.5) is 5.69 Å². The molecule has 0 spiro atoms. The third-order valence-electron chi connectivity index (χ3n) is 4.79. The van der Waals surface area contributed by atoms with Gasteiger partial charge in [0.15, 0.2) is 0 Å². The van der Waals surface area contributed by atoms with Crippen LogP contribution in [0.2, 0.25) is 5.02 Å². The van der Waals surface area contributed by atoms with Crippen LogP contribution in [0.5, 0.6) is 0 Å². The molecule has 24 heavy (non-hydrogen) atoms. The number of para-hydroxylation sites is 1. The third kappa shape index (κ3) is 3.41. The Bertz CT molecular complexity index is 689. The lowest BCUT2D eigenvalue weighted by molar-refractivity contribution is -0.136. The predicted octanol–water partition coefficient (Wildman–Crippen LogP) is 3.97. The van der Waals surface area contributed by atoms with Crippen molar-refractivity contribution < 1.29 is 4.79 Å². The maximum atomic E-state index is 13.0. The highest BCUT2D eigenvalue weighted by atomic mass is 35.5. The molecule has 1 saturated heterocycles. The first kappa shape index (κ1) is 16.8. The zero-order valence-electron chi connectivity index (χ0n) is 14.2. The maximum Gasteiger partial charge on any atom is 0.232 e. The second-order valence-corrected chi connectivity index (χ2v) is 7.18. The van der Waals surface area contributed by atoms with E-state index in [-0.39, 0.29) is 5.91 Å². The van der Waals surface area contributed by atoms with Gasteiger partial charge < -0.3 is 9.80 Å². The predicted molar refractivity (Wildman–Crippen MR) is 99.7 cm³/mol. The Morgan fingerprint density at radius 1 is 0.917 bits per heavy atom. The summed E-state index contributed by atoms with van der Waals surface area (Å²) >= 11 is 5.96. The summed E-state index contributed by atoms with van der Waals surface area (Å²) in [4.78, 5) is 17.3. The summed E-state index contributed by atoms with van der Waals surface area (Å²) in [5, 5.41) is 0.693. The molecular weight excluding hydrogens is 320 g/mol. The molecule has 1 heterocycles. The molecule has 0 radical (unpaired) electrons. The highest BCUT2D eigenvalue weighted by Crippen LogP contribution is 2.28. The van der Waals surface area contributed by atoms with Gasteiger partial charge in [0.2, 0.25) is 5.91 Å². The first-order valence-electron chi connectivity index (χ1n) is 8.34. The minimum absolute atomic E-state index is 0.178. The number of hydrogen-bond acceptors (Lipinski definition) is 2. The van der Waals surface area contributed by atoms with E-state index in [2.05, 4.69) is 29.2 Å². The number of rotatable bonds is 3. The van der Waals surface area contributed by atoms with Crippen LogP contribution >= 0.6 is 11.6 Å². The molecule has 0 aliphatic carbocycles. The van der Waals surface area contributed by atoms with Crippen LogP contribution in [0.15, 0.2) is 54.6 Å². The molecule has 4 heteroatoms. The minimum Gasteiger partial charge on any atom is -0.368 e. The van der Waals surface area contributed by atoms with Gasteiger partial charge in [0.1, 0.15) is 0 Å². The number of piperazine rings is 1. The van der Waals surface area contributed by atoms with Crippen LogP contribution in [-0.2, 0) is 10.2 Å². The first-order chi connectivity index (χ1) is 11.5. The number of benzene rings is 2. The van der Waals surface area contributed by atoms with Crippen molar-refractivity contribution in [1.29, 1.82) is 0 Å². The zero-order chi connectivity index (χ0) is 17.2. The Hall–Kier alpha value is -2.00. The number of halogens is 1. The lowest BCUT2D eigenvalue weighted by atomic mass is 9.83. The fourth-order valence-corrected chi connectivity index (χ4v) is 3.32. The molecule has 1 amide bonds. The van der Waals surface area contributed by atoms with Crippen LogP contribution in [-0.4, -0.2) is 37.0 Å². The maximum absolute atomic E-state index is 13.0. The average molecular weight is 343 g/mol. The van der Waals surface area contributed by atoms with Crippen LogP contribution in [0, 0.1) is 0 Å². The number of carbonyl (C=O) groups is 1. The van der Waals surface area contributed by atoms with E-state index >= 15 is 0 Å². The summed E-state index contributed by atoms with van der Waals surface area (Å²) in [6.45, 7) is 7.22. The summed E-state index contributed by atoms with van der Waals surface area (Å²) in [7, 11) is 0. The number of amides is 1. The van der Waals surface area contributed by atoms with E-state index in [4.69, 9.17) is 11.6 Å². The Morgan fingerprint density at radius 3 is 2.08 bits per heavy atom. The van der Waals surface area contributed by atoms with E-state index in [1.54, 1.807) is 0 Å². The lowest BCUT2D eigenvalue weighted by Gasteiger charge is -2.39. The Labute approximate surface area is 148 Å². The number of hydrogen-bond donors (Lipinski definition) is 0. The van der Waals surface area contributed by atoms with E-state index in [1.807, 2.05) is 49.1 Å². The highest BCUT2D eigenvalue weighted by Gasteiger charge is 2.35. The van der Waals surface area contributed by atoms with Crippen LogP contribution in [0.3, 0.4) is 0 Å². The van der Waals surface area contributed by atoms with Crippen LogP contribution < -0.4 is 4.90 Å². The van der Waals surface area contributed by atoms with E-state index in [9.17, 15) is 4.79 Å². The van der Waals surface area contributed by atoms with Crippen LogP contribution in [0.25, 0.3) is 0 Å². The van der Waals surface area contributed by atoms with Gasteiger partial charge in [-0.1, -0.05) is 41.9 Å². The van der Waals surface area contributed by atoms with E-state index in [1.165, 1.54) is 5.69 Å². The molecule has 1 aliphatic rings. The molecule has 0 saturated carbocycles. The summed E-state index contributed by atoms with van der Waals surface area (Å²) < 4.78 is 0. The molecule has 2 aromatic carbocycles. The lowest BCUT2D eigenvalue weighted by Crippen LogP contribution is -2.53. The van der Waals surface area contributed by atoms with Gasteiger partial charge in [0.25, 0.3) is 0 Å². The van der Waals surface area contributed by atoms with Crippen molar-refractivity contribution in [2.75, 3.05) is 31.1 Å². The molecule has 1 aliphatic heterocycles. The number of nitrogens with zero attached hydrogens (tertiary/aromatic N) is 2. The van der Waals surface area contributed by atoms with Gasteiger partial charge in [-0.2, -0.15) is 0 Å². The molecule has 0 bridgehead atoms. The van der Waals surface area contributed by atoms with Gasteiger partial charge in [-0.3, -0.25) is 4.79 Å². The van der Waals surface area contributed by atoms with Crippen molar-refractivity contribution in [3.63, 3.8) is 0 Å². The second kappa shape index (κ2) is 6.86. The Morgan fingerprint density at radius 2 is 1.50 bits per heavy atom. The molecule has 126 valence electrons. The monoisotopic (exact) mass is 342 g/mol. The topological polar surface area (TPSA) is 23.6 Å². The summed E-state index contributed by atoms with van der Waals surface area (Å²) in [6, 6.07) is 18.0. The van der Waals surface area contributed by atoms with Gasteiger partial charge in [0, 0.05) is 36.9 Å². The van der Waals surface area contributed by atoms with Gasteiger partial charge in [0.05, 0.1) is 5.41 Å². The van der Waals surface area contributed by atoms with Crippen molar-refractivity contribution in [3.8, 4) is 0 Å². The SMILES string of the molecule is CC(C)(C(=O)N1CCN(c2ccccc2)CC1)c1ccc(Cl)cc1. The molecular formula is C20H23ClN2O. The Balaban J connectivity index is 1.67. The van der Waals surface area contributed by atoms with Gasteiger partial charge in [-0.15, -0.1) is 0 Å². The van der Waals surface area contributed by atoms with Crippen molar-refractivity contribution in [2.24, 2.45) is 0 Å². The quantitative estimate of drug-likeness (QED) is 0.842.